The molecule has 3 N–H and O–H groups in total. The molecule has 0 unspecified atom stereocenters. The molecule has 0 aliphatic rings. The molecule has 8 heavy (non-hydrogen) atoms. The van der Waals surface area contributed by atoms with Gasteiger partial charge in [-0.3, -0.25) is 0 Å². The van der Waals surface area contributed by atoms with Crippen molar-refractivity contribution >= 4 is 21.7 Å². The summed E-state index contributed by atoms with van der Waals surface area (Å²) in [6.07, 6.45) is 2.72. The first-order chi connectivity index (χ1) is 3.35. The van der Waals surface area contributed by atoms with Gasteiger partial charge in [0.15, 0.2) is 0 Å². The molecule has 0 rings (SSSR count). The SMILES string of the molecule is CCC(CC)[CH2][Mg+2].N. The monoisotopic (exact) mass is 126 g/mol. The van der Waals surface area contributed by atoms with Crippen molar-refractivity contribution in [2.45, 2.75) is 31.2 Å². The molecule has 0 aliphatic carbocycles. The van der Waals surface area contributed by atoms with E-state index in [2.05, 4.69) is 35.6 Å². The maximum absolute atomic E-state index is 2.27. The Morgan fingerprint density at radius 2 is 1.62 bits per heavy atom. The number of hydrogen-bond donors (Lipinski definition) is 1. The first-order valence-corrected chi connectivity index (χ1v) is 4.14. The van der Waals surface area contributed by atoms with Crippen LogP contribution in [0.1, 0.15) is 26.7 Å². The van der Waals surface area contributed by atoms with Crippen molar-refractivity contribution in [1.82, 2.24) is 6.15 Å². The fourth-order valence-electron chi connectivity index (χ4n) is 0.697. The van der Waals surface area contributed by atoms with Crippen LogP contribution in [0.5, 0.6) is 0 Å². The van der Waals surface area contributed by atoms with E-state index in [4.69, 9.17) is 0 Å². The molecule has 0 spiro atoms. The van der Waals surface area contributed by atoms with Gasteiger partial charge in [0, 0.05) is 5.92 Å². The van der Waals surface area contributed by atoms with Crippen molar-refractivity contribution in [3.8, 4) is 0 Å². The Bertz CT molecular complexity index is 30.0. The minimum absolute atomic E-state index is 0. The Morgan fingerprint density at radius 1 is 1.25 bits per heavy atom. The fourth-order valence-corrected chi connectivity index (χ4v) is 1.51. The lowest BCUT2D eigenvalue weighted by Crippen LogP contribution is -1.93. The van der Waals surface area contributed by atoms with Crippen molar-refractivity contribution in [2.75, 3.05) is 0 Å². The second-order valence-electron chi connectivity index (χ2n) is 1.97. The Kier molecular flexibility index (Phi) is 11.1. The zero-order valence-electron chi connectivity index (χ0n) is 6.11. The lowest BCUT2D eigenvalue weighted by Gasteiger charge is -1.95. The van der Waals surface area contributed by atoms with Crippen LogP contribution in [0.3, 0.4) is 0 Å². The van der Waals surface area contributed by atoms with Gasteiger partial charge in [0.1, 0.15) is 0 Å². The highest BCUT2D eigenvalue weighted by Crippen LogP contribution is 2.09. The molecule has 2 heteroatoms. The third kappa shape index (κ3) is 4.87. The molecule has 0 aromatic rings. The Labute approximate surface area is 65.3 Å². The highest BCUT2D eigenvalue weighted by atomic mass is 24.4. The van der Waals surface area contributed by atoms with E-state index in [0.717, 1.165) is 5.92 Å². The van der Waals surface area contributed by atoms with Crippen LogP contribution in [0, 0.1) is 5.92 Å². The molecule has 0 aromatic carbocycles. The van der Waals surface area contributed by atoms with Crippen LogP contribution >= 0.6 is 0 Å². The fraction of sp³-hybridized carbons (Fsp3) is 1.00. The van der Waals surface area contributed by atoms with Gasteiger partial charge in [-0.1, -0.05) is 13.8 Å². The van der Waals surface area contributed by atoms with Gasteiger partial charge in [-0.15, -0.1) is 0 Å². The summed E-state index contributed by atoms with van der Waals surface area (Å²) in [5.74, 6) is 0.998. The van der Waals surface area contributed by atoms with E-state index >= 15 is 0 Å². The Balaban J connectivity index is 0. The van der Waals surface area contributed by atoms with Gasteiger partial charge in [0.2, 0.25) is 0 Å². The van der Waals surface area contributed by atoms with Crippen LogP contribution in [0.4, 0.5) is 0 Å². The van der Waals surface area contributed by atoms with Crippen LogP contribution in [0.2, 0.25) is 4.55 Å². The molecular formula is C6H16MgN+2. The maximum atomic E-state index is 2.27. The van der Waals surface area contributed by atoms with Gasteiger partial charge in [-0.2, -0.15) is 0 Å². The molecule has 0 aromatic heterocycles. The van der Waals surface area contributed by atoms with Crippen molar-refractivity contribution < 1.29 is 0 Å². The third-order valence-electron chi connectivity index (χ3n) is 1.56. The third-order valence-corrected chi connectivity index (χ3v) is 2.38. The summed E-state index contributed by atoms with van der Waals surface area (Å²) >= 11 is 2.09. The van der Waals surface area contributed by atoms with E-state index in [1.54, 1.807) is 0 Å². The first-order valence-electron chi connectivity index (χ1n) is 3.14. The zero-order valence-corrected chi connectivity index (χ0v) is 7.53. The average Bonchev–Trinajstić information content (AvgIpc) is 1.72. The second kappa shape index (κ2) is 7.73. The van der Waals surface area contributed by atoms with Gasteiger partial charge in [0.05, 0.1) is 0 Å². The van der Waals surface area contributed by atoms with E-state index in [9.17, 15) is 0 Å². The van der Waals surface area contributed by atoms with Crippen LogP contribution in [-0.2, 0) is 0 Å². The van der Waals surface area contributed by atoms with E-state index in [1.807, 2.05) is 0 Å². The predicted octanol–water partition coefficient (Wildman–Crippen LogP) is 2.17. The Hall–Kier alpha value is 0.726. The topological polar surface area (TPSA) is 35.0 Å². The smallest absolute Gasteiger partial charge is 0.344 e. The molecule has 0 bridgehead atoms. The van der Waals surface area contributed by atoms with Crippen LogP contribution in [0.15, 0.2) is 0 Å². The molecular weight excluding hydrogens is 110 g/mol. The lowest BCUT2D eigenvalue weighted by atomic mass is 10.1. The average molecular weight is 127 g/mol. The first kappa shape index (κ1) is 11.5. The summed E-state index contributed by atoms with van der Waals surface area (Å²) in [7, 11) is 0. The molecule has 0 saturated carbocycles. The molecule has 7 radical (unpaired) electrons. The van der Waals surface area contributed by atoms with E-state index in [-0.39, 0.29) is 6.15 Å². The molecule has 0 fully saturated rings. The quantitative estimate of drug-likeness (QED) is 0.578. The molecule has 0 heterocycles. The number of rotatable bonds is 3. The molecule has 0 atom stereocenters. The van der Waals surface area contributed by atoms with Crippen LogP contribution < -0.4 is 6.15 Å². The maximum Gasteiger partial charge on any atom is 1.41 e. The van der Waals surface area contributed by atoms with Crippen LogP contribution in [-0.4, -0.2) is 21.7 Å². The van der Waals surface area contributed by atoms with Crippen molar-refractivity contribution in [3.05, 3.63) is 0 Å². The highest BCUT2D eigenvalue weighted by Gasteiger charge is 2.28. The van der Waals surface area contributed by atoms with Gasteiger partial charge < -0.3 is 6.15 Å². The standard InChI is InChI=1S/C6H13.Mg.H3N/c1-4-6(3)5-2;;/h6H,3-5H2,1-2H3;;1H3/q;+2;. The largest absolute Gasteiger partial charge is 1.41 e. The molecule has 1 nitrogen and oxygen atoms in total. The van der Waals surface area contributed by atoms with Crippen molar-refractivity contribution in [3.63, 3.8) is 0 Å². The van der Waals surface area contributed by atoms with E-state index < -0.39 is 0 Å². The van der Waals surface area contributed by atoms with E-state index in [1.165, 1.54) is 17.4 Å². The summed E-state index contributed by atoms with van der Waals surface area (Å²) < 4.78 is 1.38. The normalized spacial score (nSPS) is 9.00. The summed E-state index contributed by atoms with van der Waals surface area (Å²) in [6.45, 7) is 4.53. The predicted molar refractivity (Wildman–Crippen MR) is 39.7 cm³/mol. The lowest BCUT2D eigenvalue weighted by molar-refractivity contribution is 0.544. The molecule has 0 saturated heterocycles. The van der Waals surface area contributed by atoms with Crippen molar-refractivity contribution in [1.29, 1.82) is 0 Å². The van der Waals surface area contributed by atoms with Gasteiger partial charge in [0.25, 0.3) is 4.55 Å². The minimum atomic E-state index is 0. The summed E-state index contributed by atoms with van der Waals surface area (Å²) in [4.78, 5) is 0. The molecule has 0 aliphatic heterocycles. The molecule has 45 valence electrons. The van der Waals surface area contributed by atoms with Gasteiger partial charge in [-0.25, -0.2) is 0 Å². The summed E-state index contributed by atoms with van der Waals surface area (Å²) in [5.41, 5.74) is 0. The van der Waals surface area contributed by atoms with Crippen molar-refractivity contribution in [2.24, 2.45) is 5.92 Å². The summed E-state index contributed by atoms with van der Waals surface area (Å²) in [6, 6.07) is 0. The highest BCUT2D eigenvalue weighted by molar-refractivity contribution is 6.08. The molecule has 0 amide bonds. The Morgan fingerprint density at radius 3 is 1.62 bits per heavy atom. The van der Waals surface area contributed by atoms with Gasteiger partial charge in [-0.05, 0) is 12.8 Å². The van der Waals surface area contributed by atoms with E-state index in [0.29, 0.717) is 0 Å². The number of hydrogen-bond acceptors (Lipinski definition) is 1. The zero-order chi connectivity index (χ0) is 5.70. The van der Waals surface area contributed by atoms with Gasteiger partial charge >= 0.3 is 21.7 Å². The minimum Gasteiger partial charge on any atom is -0.344 e. The van der Waals surface area contributed by atoms with Crippen LogP contribution in [0.25, 0.3) is 0 Å². The second-order valence-corrected chi connectivity index (χ2v) is 2.55. The summed E-state index contributed by atoms with van der Waals surface area (Å²) in [5, 5.41) is 0.